The smallest absolute Gasteiger partial charge is 0.167 e. The molecule has 3 aliphatic rings. The van der Waals surface area contributed by atoms with Crippen LogP contribution >= 0.6 is 0 Å². The van der Waals surface area contributed by atoms with Crippen molar-refractivity contribution < 1.29 is 9.53 Å². The predicted octanol–water partition coefficient (Wildman–Crippen LogP) is 3.34. The second-order valence-electron chi connectivity index (χ2n) is 7.61. The third-order valence-corrected chi connectivity index (χ3v) is 6.52. The molecule has 2 aliphatic carbocycles. The molecular formula is C15H24O2. The molecule has 1 unspecified atom stereocenters. The van der Waals surface area contributed by atoms with Gasteiger partial charge in [0.2, 0.25) is 0 Å². The Kier molecular flexibility index (Phi) is 1.92. The van der Waals surface area contributed by atoms with Crippen molar-refractivity contribution in [1.29, 1.82) is 0 Å². The van der Waals surface area contributed by atoms with E-state index in [9.17, 15) is 4.79 Å². The summed E-state index contributed by atoms with van der Waals surface area (Å²) in [5.74, 6) is 0.814. The Bertz CT molecular complexity index is 400. The molecule has 1 aliphatic heterocycles. The van der Waals surface area contributed by atoms with Crippen LogP contribution in [-0.4, -0.2) is 17.0 Å². The summed E-state index contributed by atoms with van der Waals surface area (Å²) in [4.78, 5) is 12.3. The Hall–Kier alpha value is -0.370. The van der Waals surface area contributed by atoms with Gasteiger partial charge >= 0.3 is 0 Å². The largest absolute Gasteiger partial charge is 0.354 e. The standard InChI is InChI=1S/C15H24O2/c1-12(2)7-6-8-13(3)10(12)9-11(16)14(4)15(13,5)17-14/h10H,6-9H2,1-5H3/t10?,13-,14+,15-/m0/s1. The summed E-state index contributed by atoms with van der Waals surface area (Å²) in [5, 5.41) is 0. The van der Waals surface area contributed by atoms with Crippen molar-refractivity contribution in [2.24, 2.45) is 16.7 Å². The maximum atomic E-state index is 12.3. The molecule has 0 aromatic carbocycles. The SMILES string of the molecule is CC1(C)CCC[C@@]2(C)C1CC(=O)[C@@]1(C)O[C@@]21C. The minimum Gasteiger partial charge on any atom is -0.354 e. The zero-order chi connectivity index (χ0) is 12.7. The van der Waals surface area contributed by atoms with E-state index in [0.717, 1.165) is 6.42 Å². The van der Waals surface area contributed by atoms with Crippen molar-refractivity contribution in [2.45, 2.75) is 71.5 Å². The highest BCUT2D eigenvalue weighted by atomic mass is 16.6. The number of carbonyl (C=O) groups is 1. The summed E-state index contributed by atoms with van der Waals surface area (Å²) in [6, 6.07) is 0. The summed E-state index contributed by atoms with van der Waals surface area (Å²) in [7, 11) is 0. The topological polar surface area (TPSA) is 29.6 Å². The van der Waals surface area contributed by atoms with E-state index in [1.54, 1.807) is 0 Å². The van der Waals surface area contributed by atoms with Gasteiger partial charge in [0.15, 0.2) is 11.4 Å². The van der Waals surface area contributed by atoms with Crippen LogP contribution < -0.4 is 0 Å². The number of rotatable bonds is 0. The molecule has 17 heavy (non-hydrogen) atoms. The lowest BCUT2D eigenvalue weighted by molar-refractivity contribution is -0.134. The molecule has 0 radical (unpaired) electrons. The molecule has 4 atom stereocenters. The van der Waals surface area contributed by atoms with Crippen LogP contribution in [0.1, 0.15) is 60.3 Å². The molecule has 2 saturated carbocycles. The Morgan fingerprint density at radius 2 is 1.76 bits per heavy atom. The van der Waals surface area contributed by atoms with Gasteiger partial charge in [0.05, 0.1) is 0 Å². The van der Waals surface area contributed by atoms with Gasteiger partial charge in [-0.1, -0.05) is 27.2 Å². The first-order valence-electron chi connectivity index (χ1n) is 6.91. The molecule has 0 bridgehead atoms. The number of carbonyl (C=O) groups excluding carboxylic acids is 1. The van der Waals surface area contributed by atoms with Crippen molar-refractivity contribution >= 4 is 5.78 Å². The minimum absolute atomic E-state index is 0.178. The second-order valence-corrected chi connectivity index (χ2v) is 7.61. The first-order chi connectivity index (χ1) is 7.67. The fraction of sp³-hybridized carbons (Fsp3) is 0.933. The maximum absolute atomic E-state index is 12.3. The monoisotopic (exact) mass is 236 g/mol. The number of hydrogen-bond acceptors (Lipinski definition) is 2. The number of ether oxygens (including phenoxy) is 1. The van der Waals surface area contributed by atoms with Gasteiger partial charge in [0.1, 0.15) is 5.60 Å². The molecule has 96 valence electrons. The van der Waals surface area contributed by atoms with E-state index in [1.165, 1.54) is 19.3 Å². The van der Waals surface area contributed by atoms with Gasteiger partial charge in [0, 0.05) is 11.8 Å². The fourth-order valence-corrected chi connectivity index (χ4v) is 4.94. The van der Waals surface area contributed by atoms with E-state index in [-0.39, 0.29) is 16.4 Å². The van der Waals surface area contributed by atoms with Crippen LogP contribution in [0.2, 0.25) is 0 Å². The summed E-state index contributed by atoms with van der Waals surface area (Å²) in [6.07, 6.45) is 4.44. The van der Waals surface area contributed by atoms with Crippen LogP contribution in [0.25, 0.3) is 0 Å². The molecule has 2 heteroatoms. The Morgan fingerprint density at radius 1 is 1.12 bits per heavy atom. The van der Waals surface area contributed by atoms with Crippen molar-refractivity contribution in [2.75, 3.05) is 0 Å². The van der Waals surface area contributed by atoms with Gasteiger partial charge in [-0.05, 0) is 38.0 Å². The number of hydrogen-bond donors (Lipinski definition) is 0. The Labute approximate surface area is 104 Å². The van der Waals surface area contributed by atoms with Crippen LogP contribution in [0.15, 0.2) is 0 Å². The maximum Gasteiger partial charge on any atom is 0.167 e. The lowest BCUT2D eigenvalue weighted by Crippen LogP contribution is -2.57. The highest BCUT2D eigenvalue weighted by molar-refractivity contribution is 5.93. The number of Topliss-reactive ketones (excluding diaryl/α,β-unsaturated/α-hetero) is 1. The van der Waals surface area contributed by atoms with Gasteiger partial charge in [-0.3, -0.25) is 4.79 Å². The summed E-state index contributed by atoms with van der Waals surface area (Å²) >= 11 is 0. The quantitative estimate of drug-likeness (QED) is 0.604. The van der Waals surface area contributed by atoms with Crippen LogP contribution in [0.3, 0.4) is 0 Å². The molecule has 0 N–H and O–H groups in total. The first kappa shape index (κ1) is 11.7. The third-order valence-electron chi connectivity index (χ3n) is 6.52. The Morgan fingerprint density at radius 3 is 2.41 bits per heavy atom. The van der Waals surface area contributed by atoms with Crippen LogP contribution in [-0.2, 0) is 9.53 Å². The van der Waals surface area contributed by atoms with Crippen molar-refractivity contribution in [3.05, 3.63) is 0 Å². The highest BCUT2D eigenvalue weighted by Crippen LogP contribution is 2.71. The normalized spacial score (nSPS) is 56.1. The van der Waals surface area contributed by atoms with Gasteiger partial charge in [-0.25, -0.2) is 0 Å². The van der Waals surface area contributed by atoms with E-state index in [2.05, 4.69) is 27.7 Å². The van der Waals surface area contributed by atoms with E-state index < -0.39 is 5.60 Å². The summed E-state index contributed by atoms with van der Waals surface area (Å²) in [6.45, 7) is 11.2. The third kappa shape index (κ3) is 1.09. The van der Waals surface area contributed by atoms with Crippen LogP contribution in [0, 0.1) is 16.7 Å². The second kappa shape index (κ2) is 2.79. The van der Waals surface area contributed by atoms with Crippen LogP contribution in [0.5, 0.6) is 0 Å². The van der Waals surface area contributed by atoms with E-state index in [1.807, 2.05) is 6.92 Å². The van der Waals surface area contributed by atoms with Crippen molar-refractivity contribution in [1.82, 2.24) is 0 Å². The fourth-order valence-electron chi connectivity index (χ4n) is 4.94. The van der Waals surface area contributed by atoms with E-state index >= 15 is 0 Å². The summed E-state index contributed by atoms with van der Waals surface area (Å²) in [5.41, 5.74) is -0.236. The van der Waals surface area contributed by atoms with Gasteiger partial charge in [-0.2, -0.15) is 0 Å². The van der Waals surface area contributed by atoms with Gasteiger partial charge < -0.3 is 4.74 Å². The molecule has 1 heterocycles. The first-order valence-corrected chi connectivity index (χ1v) is 6.91. The molecule has 0 spiro atoms. The molecule has 0 aromatic heterocycles. The molecular weight excluding hydrogens is 212 g/mol. The zero-order valence-corrected chi connectivity index (χ0v) is 11.7. The number of epoxide rings is 1. The Balaban J connectivity index is 2.08. The molecule has 3 fully saturated rings. The van der Waals surface area contributed by atoms with E-state index in [4.69, 9.17) is 4.74 Å². The minimum atomic E-state index is -0.480. The lowest BCUT2D eigenvalue weighted by Gasteiger charge is -2.55. The van der Waals surface area contributed by atoms with Crippen LogP contribution in [0.4, 0.5) is 0 Å². The molecule has 0 aromatic rings. The number of fused-ring (bicyclic) bond motifs is 3. The average molecular weight is 236 g/mol. The predicted molar refractivity (Wildman–Crippen MR) is 66.7 cm³/mol. The summed E-state index contributed by atoms with van der Waals surface area (Å²) < 4.78 is 5.98. The molecule has 1 saturated heterocycles. The highest BCUT2D eigenvalue weighted by Gasteiger charge is 2.80. The van der Waals surface area contributed by atoms with Crippen molar-refractivity contribution in [3.63, 3.8) is 0 Å². The molecule has 2 nitrogen and oxygen atoms in total. The average Bonchev–Trinajstić information content (AvgIpc) is 2.78. The van der Waals surface area contributed by atoms with Gasteiger partial charge in [-0.15, -0.1) is 0 Å². The van der Waals surface area contributed by atoms with Gasteiger partial charge in [0.25, 0.3) is 0 Å². The molecule has 3 rings (SSSR count). The molecule has 0 amide bonds. The lowest BCUT2D eigenvalue weighted by atomic mass is 9.46. The zero-order valence-electron chi connectivity index (χ0n) is 11.7. The van der Waals surface area contributed by atoms with Crippen molar-refractivity contribution in [3.8, 4) is 0 Å². The van der Waals surface area contributed by atoms with E-state index in [0.29, 0.717) is 11.7 Å². The number of ketones is 1.